The summed E-state index contributed by atoms with van der Waals surface area (Å²) in [7, 11) is 0. The summed E-state index contributed by atoms with van der Waals surface area (Å²) < 4.78 is 1.94. The lowest BCUT2D eigenvalue weighted by Gasteiger charge is -2.25. The normalized spacial score (nSPS) is 16.6. The average molecular weight is 371 g/mol. The highest BCUT2D eigenvalue weighted by Crippen LogP contribution is 2.28. The van der Waals surface area contributed by atoms with Gasteiger partial charge in [0.15, 0.2) is 0 Å². The Morgan fingerprint density at radius 2 is 2.04 bits per heavy atom. The molecule has 5 nitrogen and oxygen atoms in total. The molecule has 1 heterocycles. The predicted molar refractivity (Wildman–Crippen MR) is 100 cm³/mol. The molecule has 132 valence electrons. The lowest BCUT2D eigenvalue weighted by Crippen LogP contribution is -2.52. The molecule has 1 saturated carbocycles. The van der Waals surface area contributed by atoms with Gasteiger partial charge in [-0.05, 0) is 37.5 Å². The van der Waals surface area contributed by atoms with Crippen LogP contribution in [-0.2, 0) is 4.79 Å². The van der Waals surface area contributed by atoms with Crippen LogP contribution in [0.2, 0.25) is 0 Å². The molecule has 0 aliphatic heterocycles. The van der Waals surface area contributed by atoms with Gasteiger partial charge in [-0.25, -0.2) is 4.98 Å². The van der Waals surface area contributed by atoms with E-state index in [2.05, 4.69) is 16.4 Å². The third kappa shape index (κ3) is 4.29. The van der Waals surface area contributed by atoms with Crippen molar-refractivity contribution in [3.05, 3.63) is 48.5 Å². The smallest absolute Gasteiger partial charge is 0.240 e. The van der Waals surface area contributed by atoms with Crippen LogP contribution >= 0.6 is 24.8 Å². The number of hydrogen-bond donors (Lipinski definition) is 2. The van der Waals surface area contributed by atoms with Crippen molar-refractivity contribution in [2.24, 2.45) is 5.73 Å². The first kappa shape index (κ1) is 20.5. The van der Waals surface area contributed by atoms with E-state index in [9.17, 15) is 4.79 Å². The van der Waals surface area contributed by atoms with E-state index in [1.165, 1.54) is 0 Å². The number of hydrogen-bond acceptors (Lipinski definition) is 3. The molecular formula is C17H24Cl2N4O. The molecule has 1 aromatic carbocycles. The second kappa shape index (κ2) is 8.51. The van der Waals surface area contributed by atoms with E-state index in [1.54, 1.807) is 12.5 Å². The summed E-state index contributed by atoms with van der Waals surface area (Å²) in [5, 5.41) is 3.06. The van der Waals surface area contributed by atoms with E-state index in [4.69, 9.17) is 5.73 Å². The molecule has 1 amide bonds. The molecule has 1 aliphatic carbocycles. The van der Waals surface area contributed by atoms with Crippen molar-refractivity contribution in [3.8, 4) is 5.69 Å². The Bertz CT molecular complexity index is 654. The van der Waals surface area contributed by atoms with Crippen molar-refractivity contribution in [3.63, 3.8) is 0 Å². The maximum Gasteiger partial charge on any atom is 0.240 e. The summed E-state index contributed by atoms with van der Waals surface area (Å²) in [5.41, 5.74) is 7.61. The predicted octanol–water partition coefficient (Wildman–Crippen LogP) is 3.16. The van der Waals surface area contributed by atoms with Gasteiger partial charge < -0.3 is 15.6 Å². The molecule has 1 aliphatic rings. The molecular weight excluding hydrogens is 347 g/mol. The van der Waals surface area contributed by atoms with Crippen LogP contribution in [0.4, 0.5) is 0 Å². The van der Waals surface area contributed by atoms with E-state index in [1.807, 2.05) is 35.9 Å². The van der Waals surface area contributed by atoms with Gasteiger partial charge in [0.2, 0.25) is 5.91 Å². The highest BCUT2D eigenvalue weighted by molar-refractivity contribution is 5.86. The molecule has 3 rings (SSSR count). The molecule has 7 heteroatoms. The summed E-state index contributed by atoms with van der Waals surface area (Å²) >= 11 is 0. The minimum Gasteiger partial charge on any atom is -0.348 e. The molecule has 3 N–H and O–H groups in total. The average Bonchev–Trinajstić information content (AvgIpc) is 3.19. The highest BCUT2D eigenvalue weighted by Gasteiger charge is 2.37. The molecule has 1 unspecified atom stereocenters. The van der Waals surface area contributed by atoms with E-state index in [0.29, 0.717) is 0 Å². The number of carbonyl (C=O) groups is 1. The fraction of sp³-hybridized carbons (Fsp3) is 0.412. The van der Waals surface area contributed by atoms with E-state index < -0.39 is 5.54 Å². The monoisotopic (exact) mass is 370 g/mol. The number of carbonyl (C=O) groups excluding carboxylic acids is 1. The fourth-order valence-corrected chi connectivity index (χ4v) is 3.02. The number of imidazole rings is 1. The van der Waals surface area contributed by atoms with Crippen LogP contribution in [0.3, 0.4) is 0 Å². The summed E-state index contributed by atoms with van der Waals surface area (Å²) in [4.78, 5) is 16.5. The SMILES string of the molecule is CC(NC(=O)C1(N)CCCC1)c1cccc(-n2ccnc2)c1.Cl.Cl. The van der Waals surface area contributed by atoms with Crippen molar-refractivity contribution in [1.29, 1.82) is 0 Å². The molecule has 1 atom stereocenters. The molecule has 0 bridgehead atoms. The highest BCUT2D eigenvalue weighted by atomic mass is 35.5. The van der Waals surface area contributed by atoms with Gasteiger partial charge in [-0.2, -0.15) is 0 Å². The second-order valence-electron chi connectivity index (χ2n) is 6.12. The Kier molecular flexibility index (Phi) is 7.27. The zero-order valence-electron chi connectivity index (χ0n) is 13.6. The van der Waals surface area contributed by atoms with Gasteiger partial charge in [-0.15, -0.1) is 24.8 Å². The van der Waals surface area contributed by atoms with Crippen LogP contribution in [0.25, 0.3) is 5.69 Å². The zero-order chi connectivity index (χ0) is 15.6. The van der Waals surface area contributed by atoms with Crippen molar-refractivity contribution in [2.75, 3.05) is 0 Å². The van der Waals surface area contributed by atoms with Gasteiger partial charge in [0.1, 0.15) is 0 Å². The van der Waals surface area contributed by atoms with E-state index >= 15 is 0 Å². The van der Waals surface area contributed by atoms with Crippen LogP contribution in [0.5, 0.6) is 0 Å². The number of aromatic nitrogens is 2. The van der Waals surface area contributed by atoms with Gasteiger partial charge in [-0.1, -0.05) is 25.0 Å². The van der Waals surface area contributed by atoms with Crippen molar-refractivity contribution in [2.45, 2.75) is 44.2 Å². The van der Waals surface area contributed by atoms with Gasteiger partial charge >= 0.3 is 0 Å². The summed E-state index contributed by atoms with van der Waals surface area (Å²) in [5.74, 6) is -0.0365. The van der Waals surface area contributed by atoms with Crippen LogP contribution in [0, 0.1) is 0 Å². The summed E-state index contributed by atoms with van der Waals surface area (Å²) in [6.45, 7) is 1.99. The third-order valence-electron chi connectivity index (χ3n) is 4.47. The van der Waals surface area contributed by atoms with Crippen molar-refractivity contribution >= 4 is 30.7 Å². The fourth-order valence-electron chi connectivity index (χ4n) is 3.02. The van der Waals surface area contributed by atoms with Gasteiger partial charge in [-0.3, -0.25) is 4.79 Å². The number of benzene rings is 1. The Morgan fingerprint density at radius 1 is 1.33 bits per heavy atom. The van der Waals surface area contributed by atoms with Crippen molar-refractivity contribution < 1.29 is 4.79 Å². The molecule has 2 aromatic rings. The molecule has 24 heavy (non-hydrogen) atoms. The quantitative estimate of drug-likeness (QED) is 0.867. The number of nitrogens with one attached hydrogen (secondary N) is 1. The van der Waals surface area contributed by atoms with Crippen LogP contribution in [0.1, 0.15) is 44.2 Å². The molecule has 1 aromatic heterocycles. The van der Waals surface area contributed by atoms with Gasteiger partial charge in [0.05, 0.1) is 17.9 Å². The molecule has 1 fully saturated rings. The Morgan fingerprint density at radius 3 is 2.67 bits per heavy atom. The number of amides is 1. The number of halogens is 2. The van der Waals surface area contributed by atoms with Crippen molar-refractivity contribution in [1.82, 2.24) is 14.9 Å². The Hall–Kier alpha value is -1.56. The van der Waals surface area contributed by atoms with Crippen LogP contribution in [-0.4, -0.2) is 21.0 Å². The first-order valence-corrected chi connectivity index (χ1v) is 7.77. The first-order chi connectivity index (χ1) is 10.6. The minimum absolute atomic E-state index is 0. The third-order valence-corrected chi connectivity index (χ3v) is 4.47. The Balaban J connectivity index is 0.00000144. The van der Waals surface area contributed by atoms with E-state index in [-0.39, 0.29) is 36.8 Å². The maximum atomic E-state index is 12.4. The summed E-state index contributed by atoms with van der Waals surface area (Å²) in [6, 6.07) is 8.01. The number of rotatable bonds is 4. The summed E-state index contributed by atoms with van der Waals surface area (Å²) in [6.07, 6.45) is 9.03. The second-order valence-corrected chi connectivity index (χ2v) is 6.12. The standard InChI is InChI=1S/C17H22N4O.2ClH/c1-13(20-16(22)17(18)7-2-3-8-17)14-5-4-6-15(11-14)21-10-9-19-12-21;;/h4-6,9-13H,2-3,7-8,18H2,1H3,(H,20,22);2*1H. The van der Waals surface area contributed by atoms with Gasteiger partial charge in [0.25, 0.3) is 0 Å². The van der Waals surface area contributed by atoms with E-state index in [0.717, 1.165) is 36.9 Å². The largest absolute Gasteiger partial charge is 0.348 e. The lowest BCUT2D eigenvalue weighted by atomic mass is 9.97. The van der Waals surface area contributed by atoms with Crippen LogP contribution in [0.15, 0.2) is 43.0 Å². The molecule has 0 radical (unpaired) electrons. The van der Waals surface area contributed by atoms with Gasteiger partial charge in [0, 0.05) is 18.1 Å². The topological polar surface area (TPSA) is 72.9 Å². The zero-order valence-corrected chi connectivity index (χ0v) is 15.3. The first-order valence-electron chi connectivity index (χ1n) is 7.77. The molecule has 0 spiro atoms. The molecule has 0 saturated heterocycles. The minimum atomic E-state index is -0.684. The maximum absolute atomic E-state index is 12.4. The Labute approximate surface area is 154 Å². The number of nitrogens with zero attached hydrogens (tertiary/aromatic N) is 2. The number of nitrogens with two attached hydrogens (primary N) is 1. The van der Waals surface area contributed by atoms with Crippen LogP contribution < -0.4 is 11.1 Å². The lowest BCUT2D eigenvalue weighted by molar-refractivity contribution is -0.126.